The number of piperidine rings is 1. The standard InChI is InChI=1S/C13H15ClN2O2/c14-10-4-2-1-3-9(10)8-16-11-5-6-15-7-12(11)18-13(16)17/h1-4,11-12,15H,5-8H2. The zero-order valence-corrected chi connectivity index (χ0v) is 10.7. The summed E-state index contributed by atoms with van der Waals surface area (Å²) in [6.45, 7) is 2.20. The minimum atomic E-state index is -0.228. The van der Waals surface area contributed by atoms with Gasteiger partial charge in [-0.2, -0.15) is 0 Å². The van der Waals surface area contributed by atoms with Gasteiger partial charge in [-0.05, 0) is 24.6 Å². The van der Waals surface area contributed by atoms with Crippen molar-refractivity contribution in [3.63, 3.8) is 0 Å². The third kappa shape index (κ3) is 2.06. The fourth-order valence-electron chi connectivity index (χ4n) is 2.62. The van der Waals surface area contributed by atoms with Gasteiger partial charge in [-0.25, -0.2) is 4.79 Å². The molecule has 2 saturated heterocycles. The summed E-state index contributed by atoms with van der Waals surface area (Å²) in [5.74, 6) is 0. The molecule has 1 amide bonds. The van der Waals surface area contributed by atoms with Crippen molar-refractivity contribution in [1.82, 2.24) is 10.2 Å². The van der Waals surface area contributed by atoms with Crippen LogP contribution in [0, 0.1) is 0 Å². The van der Waals surface area contributed by atoms with Crippen molar-refractivity contribution in [3.05, 3.63) is 34.9 Å². The van der Waals surface area contributed by atoms with E-state index in [0.717, 1.165) is 25.1 Å². The van der Waals surface area contributed by atoms with Crippen molar-refractivity contribution in [2.24, 2.45) is 0 Å². The molecule has 18 heavy (non-hydrogen) atoms. The monoisotopic (exact) mass is 266 g/mol. The van der Waals surface area contributed by atoms with E-state index in [1.54, 1.807) is 4.90 Å². The molecule has 1 aromatic carbocycles. The topological polar surface area (TPSA) is 41.6 Å². The summed E-state index contributed by atoms with van der Waals surface area (Å²) in [5, 5.41) is 3.94. The second-order valence-corrected chi connectivity index (χ2v) is 5.11. The quantitative estimate of drug-likeness (QED) is 0.891. The van der Waals surface area contributed by atoms with E-state index in [9.17, 15) is 4.79 Å². The molecule has 2 fully saturated rings. The molecule has 2 heterocycles. The van der Waals surface area contributed by atoms with Gasteiger partial charge in [0, 0.05) is 11.6 Å². The molecule has 0 saturated carbocycles. The highest BCUT2D eigenvalue weighted by Crippen LogP contribution is 2.27. The number of ether oxygens (including phenoxy) is 1. The number of fused-ring (bicyclic) bond motifs is 1. The minimum Gasteiger partial charge on any atom is -0.443 e. The lowest BCUT2D eigenvalue weighted by Gasteiger charge is -2.28. The molecule has 0 radical (unpaired) electrons. The number of halogens is 1. The number of hydrogen-bond acceptors (Lipinski definition) is 3. The predicted molar refractivity (Wildman–Crippen MR) is 68.5 cm³/mol. The number of carbonyl (C=O) groups is 1. The van der Waals surface area contributed by atoms with E-state index in [4.69, 9.17) is 16.3 Å². The fourth-order valence-corrected chi connectivity index (χ4v) is 2.81. The second kappa shape index (κ2) is 4.78. The molecule has 3 rings (SSSR count). The van der Waals surface area contributed by atoms with Crippen molar-refractivity contribution in [2.75, 3.05) is 13.1 Å². The van der Waals surface area contributed by atoms with Crippen molar-refractivity contribution < 1.29 is 9.53 Å². The zero-order chi connectivity index (χ0) is 12.5. The van der Waals surface area contributed by atoms with Gasteiger partial charge < -0.3 is 10.1 Å². The summed E-state index contributed by atoms with van der Waals surface area (Å²) >= 11 is 6.13. The molecule has 1 aromatic rings. The number of nitrogens with one attached hydrogen (secondary N) is 1. The SMILES string of the molecule is O=C1OC2CNCCC2N1Cc1ccccc1Cl. The third-order valence-corrected chi connectivity index (χ3v) is 3.95. The van der Waals surface area contributed by atoms with Crippen molar-refractivity contribution in [2.45, 2.75) is 25.1 Å². The van der Waals surface area contributed by atoms with E-state index in [2.05, 4.69) is 5.32 Å². The minimum absolute atomic E-state index is 0.0197. The van der Waals surface area contributed by atoms with E-state index in [0.29, 0.717) is 11.6 Å². The Hall–Kier alpha value is -1.26. The Morgan fingerprint density at radius 3 is 3.11 bits per heavy atom. The average Bonchev–Trinajstić information content (AvgIpc) is 2.69. The number of hydrogen-bond donors (Lipinski definition) is 1. The molecule has 2 aliphatic heterocycles. The summed E-state index contributed by atoms with van der Waals surface area (Å²) in [7, 11) is 0. The molecule has 5 heteroatoms. The maximum absolute atomic E-state index is 11.9. The lowest BCUT2D eigenvalue weighted by Crippen LogP contribution is -2.47. The van der Waals surface area contributed by atoms with E-state index in [1.165, 1.54) is 0 Å². The lowest BCUT2D eigenvalue weighted by molar-refractivity contribution is 0.121. The molecule has 2 atom stereocenters. The normalized spacial score (nSPS) is 26.9. The first kappa shape index (κ1) is 11.8. The van der Waals surface area contributed by atoms with E-state index < -0.39 is 0 Å². The van der Waals surface area contributed by atoms with Crippen LogP contribution in [0.3, 0.4) is 0 Å². The van der Waals surface area contributed by atoms with Gasteiger partial charge in [0.05, 0.1) is 12.6 Å². The van der Waals surface area contributed by atoms with Crippen LogP contribution in [0.1, 0.15) is 12.0 Å². The van der Waals surface area contributed by atoms with Crippen LogP contribution in [0.5, 0.6) is 0 Å². The van der Waals surface area contributed by atoms with Gasteiger partial charge in [-0.15, -0.1) is 0 Å². The van der Waals surface area contributed by atoms with Crippen LogP contribution in [0.2, 0.25) is 5.02 Å². The molecule has 0 spiro atoms. The number of rotatable bonds is 2. The largest absolute Gasteiger partial charge is 0.443 e. The van der Waals surface area contributed by atoms with Gasteiger partial charge in [0.2, 0.25) is 0 Å². The van der Waals surface area contributed by atoms with Crippen molar-refractivity contribution >= 4 is 17.7 Å². The van der Waals surface area contributed by atoms with Crippen molar-refractivity contribution in [3.8, 4) is 0 Å². The molecule has 2 aliphatic rings. The first-order valence-electron chi connectivity index (χ1n) is 6.17. The smallest absolute Gasteiger partial charge is 0.410 e. The number of carbonyl (C=O) groups excluding carboxylic acids is 1. The van der Waals surface area contributed by atoms with Crippen molar-refractivity contribution in [1.29, 1.82) is 0 Å². The summed E-state index contributed by atoms with van der Waals surface area (Å²) < 4.78 is 5.37. The van der Waals surface area contributed by atoms with Gasteiger partial charge in [0.15, 0.2) is 0 Å². The van der Waals surface area contributed by atoms with Gasteiger partial charge in [-0.3, -0.25) is 4.90 Å². The number of nitrogens with zero attached hydrogens (tertiary/aromatic N) is 1. The summed E-state index contributed by atoms with van der Waals surface area (Å²) in [5.41, 5.74) is 0.968. The third-order valence-electron chi connectivity index (χ3n) is 3.58. The highest BCUT2D eigenvalue weighted by Gasteiger charge is 2.42. The molecule has 96 valence electrons. The van der Waals surface area contributed by atoms with Crippen LogP contribution < -0.4 is 5.32 Å². The highest BCUT2D eigenvalue weighted by molar-refractivity contribution is 6.31. The molecule has 0 bridgehead atoms. The Kier molecular flexibility index (Phi) is 3.14. The molecular weight excluding hydrogens is 252 g/mol. The van der Waals surface area contributed by atoms with Crippen LogP contribution in [0.25, 0.3) is 0 Å². The molecule has 2 unspecified atom stereocenters. The lowest BCUT2D eigenvalue weighted by atomic mass is 10.0. The Labute approximate surface area is 111 Å². The van der Waals surface area contributed by atoms with Gasteiger partial charge in [-0.1, -0.05) is 29.8 Å². The molecule has 0 aromatic heterocycles. The maximum atomic E-state index is 11.9. The van der Waals surface area contributed by atoms with Gasteiger partial charge in [0.1, 0.15) is 6.10 Å². The summed E-state index contributed by atoms with van der Waals surface area (Å²) in [6, 6.07) is 7.79. The summed E-state index contributed by atoms with van der Waals surface area (Å²) in [6.07, 6.45) is 0.684. The highest BCUT2D eigenvalue weighted by atomic mass is 35.5. The van der Waals surface area contributed by atoms with E-state index >= 15 is 0 Å². The van der Waals surface area contributed by atoms with Crippen LogP contribution in [-0.4, -0.2) is 36.2 Å². The van der Waals surface area contributed by atoms with Crippen LogP contribution in [-0.2, 0) is 11.3 Å². The van der Waals surface area contributed by atoms with Crippen LogP contribution in [0.4, 0.5) is 4.79 Å². The zero-order valence-electron chi connectivity index (χ0n) is 9.93. The molecular formula is C13H15ClN2O2. The summed E-state index contributed by atoms with van der Waals surface area (Å²) in [4.78, 5) is 13.7. The maximum Gasteiger partial charge on any atom is 0.410 e. The fraction of sp³-hybridized carbons (Fsp3) is 0.462. The van der Waals surface area contributed by atoms with Crippen LogP contribution >= 0.6 is 11.6 Å². The Bertz CT molecular complexity index is 466. The number of amides is 1. The van der Waals surface area contributed by atoms with E-state index in [-0.39, 0.29) is 18.2 Å². The Morgan fingerprint density at radius 1 is 1.44 bits per heavy atom. The molecule has 4 nitrogen and oxygen atoms in total. The van der Waals surface area contributed by atoms with Gasteiger partial charge >= 0.3 is 6.09 Å². The van der Waals surface area contributed by atoms with Crippen LogP contribution in [0.15, 0.2) is 24.3 Å². The van der Waals surface area contributed by atoms with E-state index in [1.807, 2.05) is 24.3 Å². The molecule has 0 aliphatic carbocycles. The molecule has 1 N–H and O–H groups in total. The predicted octanol–water partition coefficient (Wildman–Crippen LogP) is 2.02. The average molecular weight is 267 g/mol. The Balaban J connectivity index is 1.79. The number of benzene rings is 1. The first-order valence-corrected chi connectivity index (χ1v) is 6.55. The van der Waals surface area contributed by atoms with Gasteiger partial charge in [0.25, 0.3) is 0 Å². The Morgan fingerprint density at radius 2 is 2.28 bits per heavy atom. The second-order valence-electron chi connectivity index (χ2n) is 4.70. The first-order chi connectivity index (χ1) is 8.75.